The zero-order valence-electron chi connectivity index (χ0n) is 17.5. The van der Waals surface area contributed by atoms with Crippen LogP contribution in [0.5, 0.6) is 5.75 Å². The Morgan fingerprint density at radius 3 is 2.55 bits per heavy atom. The average molecular weight is 434 g/mol. The van der Waals surface area contributed by atoms with Crippen LogP contribution in [0.2, 0.25) is 0 Å². The summed E-state index contributed by atoms with van der Waals surface area (Å²) in [6.45, 7) is 0.144. The molecule has 3 unspecified atom stereocenters. The van der Waals surface area contributed by atoms with E-state index in [1.807, 2.05) is 18.0 Å². The first-order valence-corrected chi connectivity index (χ1v) is 10.7. The van der Waals surface area contributed by atoms with E-state index in [0.717, 1.165) is 12.0 Å². The molecule has 1 aliphatic carbocycles. The van der Waals surface area contributed by atoms with Crippen molar-refractivity contribution in [2.75, 3.05) is 20.2 Å². The van der Waals surface area contributed by atoms with Crippen LogP contribution in [0.3, 0.4) is 0 Å². The zero-order valence-corrected chi connectivity index (χ0v) is 17.5. The molecule has 0 spiro atoms. The van der Waals surface area contributed by atoms with E-state index in [0.29, 0.717) is 18.5 Å². The monoisotopic (exact) mass is 433 g/mol. The van der Waals surface area contributed by atoms with Gasteiger partial charge in [-0.2, -0.15) is 0 Å². The second kappa shape index (κ2) is 8.54. The van der Waals surface area contributed by atoms with Gasteiger partial charge in [0.1, 0.15) is 42.0 Å². The number of allylic oxidation sites excluding steroid dienone is 2. The van der Waals surface area contributed by atoms with Gasteiger partial charge in [-0.1, -0.05) is 18.2 Å². The fraction of sp³-hybridized carbons (Fsp3) is 0.565. The summed E-state index contributed by atoms with van der Waals surface area (Å²) in [6.07, 6.45) is -1.33. The molecule has 8 heteroatoms. The molecule has 4 rings (SSSR count). The van der Waals surface area contributed by atoms with E-state index in [2.05, 4.69) is 0 Å². The SMILES string of the molecule is CN1CCC2CC=C(O)C=C2C1(Cc1ccccc1O)C1O[C@H](CO)[C@@H](O)[C@H](O)[C@H]1O. The van der Waals surface area contributed by atoms with Crippen molar-refractivity contribution < 1.29 is 35.4 Å². The predicted molar refractivity (Wildman–Crippen MR) is 112 cm³/mol. The molecule has 31 heavy (non-hydrogen) atoms. The minimum absolute atomic E-state index is 0.0883. The minimum Gasteiger partial charge on any atom is -0.508 e. The molecule has 1 aromatic rings. The molecular weight excluding hydrogens is 402 g/mol. The van der Waals surface area contributed by atoms with Crippen LogP contribution >= 0.6 is 0 Å². The largest absolute Gasteiger partial charge is 0.508 e. The first-order chi connectivity index (χ1) is 14.8. The number of hydrogen-bond donors (Lipinski definition) is 6. The summed E-state index contributed by atoms with van der Waals surface area (Å²) in [5.74, 6) is 0.302. The third-order valence-corrected chi connectivity index (χ3v) is 7.16. The third-order valence-electron chi connectivity index (χ3n) is 7.16. The molecule has 0 radical (unpaired) electrons. The summed E-state index contributed by atoms with van der Waals surface area (Å²) in [7, 11) is 1.88. The van der Waals surface area contributed by atoms with Crippen molar-refractivity contribution >= 4 is 0 Å². The summed E-state index contributed by atoms with van der Waals surface area (Å²) in [5, 5.41) is 62.5. The van der Waals surface area contributed by atoms with Crippen molar-refractivity contribution in [2.45, 2.75) is 55.3 Å². The lowest BCUT2D eigenvalue weighted by Gasteiger charge is -2.58. The number of fused-ring (bicyclic) bond motifs is 1. The first-order valence-electron chi connectivity index (χ1n) is 10.7. The van der Waals surface area contributed by atoms with Gasteiger partial charge in [0.25, 0.3) is 0 Å². The molecule has 2 fully saturated rings. The van der Waals surface area contributed by atoms with Gasteiger partial charge in [-0.3, -0.25) is 4.90 Å². The molecule has 2 saturated heterocycles. The number of likely N-dealkylation sites (tertiary alicyclic amines) is 1. The average Bonchev–Trinajstić information content (AvgIpc) is 2.76. The molecule has 1 aromatic carbocycles. The van der Waals surface area contributed by atoms with Gasteiger partial charge in [0, 0.05) is 6.42 Å². The van der Waals surface area contributed by atoms with Crippen molar-refractivity contribution in [1.82, 2.24) is 4.90 Å². The number of likely N-dealkylation sites (N-methyl/N-ethyl adjacent to an activating group) is 1. The Morgan fingerprint density at radius 2 is 1.84 bits per heavy atom. The van der Waals surface area contributed by atoms with Crippen LogP contribution in [0.15, 0.2) is 47.7 Å². The molecule has 170 valence electrons. The number of benzene rings is 1. The fourth-order valence-corrected chi connectivity index (χ4v) is 5.41. The number of phenols is 1. The second-order valence-electron chi connectivity index (χ2n) is 8.85. The number of para-hydroxylation sites is 1. The number of hydrogen-bond acceptors (Lipinski definition) is 8. The van der Waals surface area contributed by atoms with E-state index in [9.17, 15) is 30.6 Å². The highest BCUT2D eigenvalue weighted by Gasteiger charge is 2.58. The topological polar surface area (TPSA) is 134 Å². The Hall–Kier alpha value is -1.94. The van der Waals surface area contributed by atoms with Crippen LogP contribution in [0.25, 0.3) is 0 Å². The molecule has 8 nitrogen and oxygen atoms in total. The van der Waals surface area contributed by atoms with Crippen LogP contribution in [0, 0.1) is 5.92 Å². The van der Waals surface area contributed by atoms with Gasteiger partial charge >= 0.3 is 0 Å². The lowest BCUT2D eigenvalue weighted by molar-refractivity contribution is -0.255. The molecule has 0 bridgehead atoms. The van der Waals surface area contributed by atoms with E-state index in [1.165, 1.54) is 0 Å². The molecule has 7 atom stereocenters. The van der Waals surface area contributed by atoms with Gasteiger partial charge in [-0.05, 0) is 61.7 Å². The number of aromatic hydroxyl groups is 1. The number of ether oxygens (including phenoxy) is 1. The molecule has 0 saturated carbocycles. The number of nitrogens with zero attached hydrogens (tertiary/aromatic N) is 1. The summed E-state index contributed by atoms with van der Waals surface area (Å²) in [5.41, 5.74) is 0.438. The maximum absolute atomic E-state index is 11.0. The Kier molecular flexibility index (Phi) is 6.13. The molecular formula is C23H31NO7. The van der Waals surface area contributed by atoms with Crippen LogP contribution in [0.1, 0.15) is 18.4 Å². The smallest absolute Gasteiger partial charge is 0.118 e. The Balaban J connectivity index is 1.88. The quantitative estimate of drug-likeness (QED) is 0.398. The van der Waals surface area contributed by atoms with E-state index >= 15 is 0 Å². The molecule has 3 aliphatic rings. The Labute approximate surface area is 181 Å². The molecule has 0 aromatic heterocycles. The van der Waals surface area contributed by atoms with Gasteiger partial charge in [0.05, 0.1) is 12.1 Å². The van der Waals surface area contributed by atoms with Gasteiger partial charge in [-0.25, -0.2) is 0 Å². The second-order valence-corrected chi connectivity index (χ2v) is 8.85. The summed E-state index contributed by atoms with van der Waals surface area (Å²) >= 11 is 0. The van der Waals surface area contributed by atoms with Crippen molar-refractivity contribution in [1.29, 1.82) is 0 Å². The van der Waals surface area contributed by atoms with Crippen LogP contribution in [-0.2, 0) is 11.2 Å². The number of aliphatic hydroxyl groups excluding tert-OH is 5. The van der Waals surface area contributed by atoms with E-state index < -0.39 is 42.7 Å². The van der Waals surface area contributed by atoms with Crippen molar-refractivity contribution in [3.8, 4) is 5.75 Å². The highest BCUT2D eigenvalue weighted by Crippen LogP contribution is 2.48. The maximum Gasteiger partial charge on any atom is 0.118 e. The normalized spacial score (nSPS) is 38.9. The zero-order chi connectivity index (χ0) is 22.3. The lowest BCUT2D eigenvalue weighted by Crippen LogP contribution is -2.72. The number of phenolic OH excluding ortho intramolecular Hbond substituents is 1. The molecule has 0 amide bonds. The van der Waals surface area contributed by atoms with Crippen LogP contribution in [0.4, 0.5) is 0 Å². The minimum atomic E-state index is -1.51. The van der Waals surface area contributed by atoms with Crippen molar-refractivity contribution in [3.05, 3.63) is 53.3 Å². The predicted octanol–water partition coefficient (Wildman–Crippen LogP) is 0.240. The fourth-order valence-electron chi connectivity index (χ4n) is 5.41. The first kappa shape index (κ1) is 22.3. The standard InChI is InChI=1S/C23H31NO7/c1-24-9-8-13-6-7-15(26)10-16(13)23(24,11-14-4-2-3-5-17(14)27)22-21(30)20(29)19(28)18(12-25)31-22/h2-5,7,10,13,18-22,25-30H,6,8-9,11-12H2,1H3/t13?,18-,19-,20+,21-,22?,23?/m1/s1. The number of aliphatic hydroxyl groups is 5. The highest BCUT2D eigenvalue weighted by molar-refractivity contribution is 5.43. The van der Waals surface area contributed by atoms with Gasteiger partial charge in [-0.15, -0.1) is 0 Å². The van der Waals surface area contributed by atoms with E-state index in [1.54, 1.807) is 30.4 Å². The highest BCUT2D eigenvalue weighted by atomic mass is 16.5. The van der Waals surface area contributed by atoms with Gasteiger partial charge in [0.2, 0.25) is 0 Å². The summed E-state index contributed by atoms with van der Waals surface area (Å²) in [4.78, 5) is 2.02. The van der Waals surface area contributed by atoms with Crippen molar-refractivity contribution in [2.24, 2.45) is 5.92 Å². The summed E-state index contributed by atoms with van der Waals surface area (Å²) < 4.78 is 6.06. The van der Waals surface area contributed by atoms with Crippen LogP contribution < -0.4 is 0 Å². The van der Waals surface area contributed by atoms with Crippen LogP contribution in [-0.4, -0.2) is 91.8 Å². The number of rotatable bonds is 4. The van der Waals surface area contributed by atoms with Crippen molar-refractivity contribution in [3.63, 3.8) is 0 Å². The Bertz CT molecular complexity index is 869. The van der Waals surface area contributed by atoms with E-state index in [4.69, 9.17) is 4.74 Å². The molecule has 6 N–H and O–H groups in total. The lowest BCUT2D eigenvalue weighted by atomic mass is 9.64. The Morgan fingerprint density at radius 1 is 1.10 bits per heavy atom. The van der Waals surface area contributed by atoms with Gasteiger partial charge in [0.15, 0.2) is 0 Å². The molecule has 2 aliphatic heterocycles. The maximum atomic E-state index is 11.0. The molecule has 2 heterocycles. The summed E-state index contributed by atoms with van der Waals surface area (Å²) in [6, 6.07) is 6.91. The van der Waals surface area contributed by atoms with Gasteiger partial charge < -0.3 is 35.4 Å². The third kappa shape index (κ3) is 3.67. The van der Waals surface area contributed by atoms with E-state index in [-0.39, 0.29) is 23.8 Å². The number of piperidine rings is 1.